The predicted octanol–water partition coefficient (Wildman–Crippen LogP) is 3.42. The Morgan fingerprint density at radius 3 is 2.78 bits per heavy atom. The van der Waals surface area contributed by atoms with Crippen molar-refractivity contribution in [3.05, 3.63) is 77.1 Å². The Hall–Kier alpha value is -2.92. The summed E-state index contributed by atoms with van der Waals surface area (Å²) in [7, 11) is 0. The molecule has 3 aromatic rings. The number of nitrogens with one attached hydrogen (secondary N) is 1. The zero-order chi connectivity index (χ0) is 18.8. The molecule has 2 aromatic carbocycles. The number of likely N-dealkylation sites (tertiary alicyclic amines) is 1. The zero-order valence-corrected chi connectivity index (χ0v) is 15.3. The van der Waals surface area contributed by atoms with Crippen molar-refractivity contribution in [3.63, 3.8) is 0 Å². The molecule has 6 heteroatoms. The minimum absolute atomic E-state index is 0.0392. The van der Waals surface area contributed by atoms with Crippen molar-refractivity contribution in [2.24, 2.45) is 0 Å². The zero-order valence-electron chi connectivity index (χ0n) is 14.6. The van der Waals surface area contributed by atoms with Crippen LogP contribution in [-0.4, -0.2) is 34.3 Å². The number of nitrogens with zero attached hydrogens (tertiary/aromatic N) is 2. The standard InChI is InChI=1S/C21H18ClN3O2/c22-16-8-9-19(23-11-16)21(27)24-17-10-20(26)25(13-17)12-15-6-3-5-14-4-1-2-7-18(14)15/h1-9,11,17H,10,12-13H2,(H,24,27). The Morgan fingerprint density at radius 1 is 1.15 bits per heavy atom. The lowest BCUT2D eigenvalue weighted by Crippen LogP contribution is -2.37. The van der Waals surface area contributed by atoms with Gasteiger partial charge in [-0.25, -0.2) is 4.98 Å². The molecule has 2 heterocycles. The summed E-state index contributed by atoms with van der Waals surface area (Å²) in [5, 5.41) is 5.66. The molecule has 1 saturated heterocycles. The average Bonchev–Trinajstić information content (AvgIpc) is 3.01. The van der Waals surface area contributed by atoms with Gasteiger partial charge in [0.25, 0.3) is 5.91 Å². The molecule has 1 aliphatic heterocycles. The highest BCUT2D eigenvalue weighted by molar-refractivity contribution is 6.30. The molecule has 1 N–H and O–H groups in total. The van der Waals surface area contributed by atoms with E-state index in [0.29, 0.717) is 30.2 Å². The smallest absolute Gasteiger partial charge is 0.270 e. The second-order valence-corrected chi connectivity index (χ2v) is 7.09. The van der Waals surface area contributed by atoms with E-state index in [4.69, 9.17) is 11.6 Å². The van der Waals surface area contributed by atoms with Crippen LogP contribution in [0.2, 0.25) is 5.02 Å². The molecule has 1 unspecified atom stereocenters. The van der Waals surface area contributed by atoms with Gasteiger partial charge in [-0.2, -0.15) is 0 Å². The lowest BCUT2D eigenvalue weighted by Gasteiger charge is -2.18. The molecule has 4 rings (SSSR count). The second-order valence-electron chi connectivity index (χ2n) is 6.65. The Labute approximate surface area is 162 Å². The molecule has 0 radical (unpaired) electrons. The van der Waals surface area contributed by atoms with Crippen LogP contribution in [0, 0.1) is 0 Å². The van der Waals surface area contributed by atoms with E-state index in [1.165, 1.54) is 6.20 Å². The number of carbonyl (C=O) groups is 2. The minimum Gasteiger partial charge on any atom is -0.346 e. The Morgan fingerprint density at radius 2 is 1.96 bits per heavy atom. The van der Waals surface area contributed by atoms with E-state index < -0.39 is 0 Å². The summed E-state index contributed by atoms with van der Waals surface area (Å²) >= 11 is 5.80. The van der Waals surface area contributed by atoms with Crippen LogP contribution < -0.4 is 5.32 Å². The Bertz CT molecular complexity index is 998. The molecule has 1 aromatic heterocycles. The molecule has 0 bridgehead atoms. The summed E-state index contributed by atoms with van der Waals surface area (Å²) in [4.78, 5) is 30.6. The third kappa shape index (κ3) is 3.78. The summed E-state index contributed by atoms with van der Waals surface area (Å²) in [6.45, 7) is 1.02. The maximum atomic E-state index is 12.4. The number of amides is 2. The number of rotatable bonds is 4. The predicted molar refractivity (Wildman–Crippen MR) is 104 cm³/mol. The van der Waals surface area contributed by atoms with Crippen molar-refractivity contribution >= 4 is 34.2 Å². The van der Waals surface area contributed by atoms with Gasteiger partial charge in [0, 0.05) is 25.7 Å². The van der Waals surface area contributed by atoms with Crippen LogP contribution in [0.3, 0.4) is 0 Å². The van der Waals surface area contributed by atoms with E-state index in [2.05, 4.69) is 28.5 Å². The van der Waals surface area contributed by atoms with Crippen LogP contribution in [0.5, 0.6) is 0 Å². The summed E-state index contributed by atoms with van der Waals surface area (Å²) in [5.41, 5.74) is 1.40. The molecule has 5 nitrogen and oxygen atoms in total. The molecule has 0 saturated carbocycles. The summed E-state index contributed by atoms with van der Waals surface area (Å²) < 4.78 is 0. The quantitative estimate of drug-likeness (QED) is 0.755. The highest BCUT2D eigenvalue weighted by atomic mass is 35.5. The van der Waals surface area contributed by atoms with Crippen molar-refractivity contribution < 1.29 is 9.59 Å². The second kappa shape index (κ2) is 7.37. The van der Waals surface area contributed by atoms with Gasteiger partial charge in [-0.1, -0.05) is 54.1 Å². The molecule has 0 spiro atoms. The van der Waals surface area contributed by atoms with Crippen molar-refractivity contribution in [1.82, 2.24) is 15.2 Å². The first-order valence-corrected chi connectivity index (χ1v) is 9.15. The number of halogens is 1. The largest absolute Gasteiger partial charge is 0.346 e. The van der Waals surface area contributed by atoms with Gasteiger partial charge in [0.2, 0.25) is 5.91 Å². The third-order valence-corrected chi connectivity index (χ3v) is 4.97. The molecule has 2 amide bonds. The monoisotopic (exact) mass is 379 g/mol. The van der Waals surface area contributed by atoms with Gasteiger partial charge >= 0.3 is 0 Å². The molecule has 27 heavy (non-hydrogen) atoms. The Balaban J connectivity index is 1.44. The number of hydrogen-bond donors (Lipinski definition) is 1. The average molecular weight is 380 g/mol. The Kier molecular flexibility index (Phi) is 4.77. The van der Waals surface area contributed by atoms with E-state index >= 15 is 0 Å². The molecule has 0 aliphatic carbocycles. The van der Waals surface area contributed by atoms with Crippen LogP contribution in [0.15, 0.2) is 60.8 Å². The van der Waals surface area contributed by atoms with Crippen LogP contribution in [-0.2, 0) is 11.3 Å². The molecule has 1 atom stereocenters. The van der Waals surface area contributed by atoms with Gasteiger partial charge in [0.05, 0.1) is 11.1 Å². The highest BCUT2D eigenvalue weighted by Crippen LogP contribution is 2.22. The van der Waals surface area contributed by atoms with E-state index in [1.54, 1.807) is 17.0 Å². The normalized spacial score (nSPS) is 16.7. The fraction of sp³-hybridized carbons (Fsp3) is 0.190. The van der Waals surface area contributed by atoms with E-state index in [9.17, 15) is 9.59 Å². The van der Waals surface area contributed by atoms with Crippen LogP contribution >= 0.6 is 11.6 Å². The maximum Gasteiger partial charge on any atom is 0.270 e. The minimum atomic E-state index is -0.295. The summed E-state index contributed by atoms with van der Waals surface area (Å²) in [6.07, 6.45) is 1.73. The number of benzene rings is 2. The van der Waals surface area contributed by atoms with Crippen molar-refractivity contribution in [2.45, 2.75) is 19.0 Å². The number of aromatic nitrogens is 1. The summed E-state index contributed by atoms with van der Waals surface area (Å²) in [5.74, 6) is -0.256. The number of fused-ring (bicyclic) bond motifs is 1. The van der Waals surface area contributed by atoms with Crippen molar-refractivity contribution in [3.8, 4) is 0 Å². The van der Waals surface area contributed by atoms with Gasteiger partial charge in [0.15, 0.2) is 0 Å². The fourth-order valence-corrected chi connectivity index (χ4v) is 3.54. The highest BCUT2D eigenvalue weighted by Gasteiger charge is 2.31. The lowest BCUT2D eigenvalue weighted by molar-refractivity contribution is -0.128. The third-order valence-electron chi connectivity index (χ3n) is 4.75. The van der Waals surface area contributed by atoms with Crippen molar-refractivity contribution in [2.75, 3.05) is 6.54 Å². The molecule has 1 aliphatic rings. The van der Waals surface area contributed by atoms with Crippen LogP contribution in [0.25, 0.3) is 10.8 Å². The topological polar surface area (TPSA) is 62.3 Å². The van der Waals surface area contributed by atoms with Gasteiger partial charge in [0.1, 0.15) is 5.69 Å². The fourth-order valence-electron chi connectivity index (χ4n) is 3.43. The molecular formula is C21H18ClN3O2. The SMILES string of the molecule is O=C(NC1CC(=O)N(Cc2cccc3ccccc23)C1)c1ccc(Cl)cn1. The van der Waals surface area contributed by atoms with Gasteiger partial charge < -0.3 is 10.2 Å². The van der Waals surface area contributed by atoms with E-state index in [0.717, 1.165) is 16.3 Å². The first kappa shape index (κ1) is 17.5. The molecule has 1 fully saturated rings. The maximum absolute atomic E-state index is 12.4. The summed E-state index contributed by atoms with van der Waals surface area (Å²) in [6, 6.07) is 17.2. The molecule has 136 valence electrons. The van der Waals surface area contributed by atoms with Crippen LogP contribution in [0.1, 0.15) is 22.5 Å². The lowest BCUT2D eigenvalue weighted by atomic mass is 10.0. The molecular weight excluding hydrogens is 362 g/mol. The van der Waals surface area contributed by atoms with E-state index in [-0.39, 0.29) is 17.9 Å². The van der Waals surface area contributed by atoms with Gasteiger partial charge in [-0.05, 0) is 28.5 Å². The first-order chi connectivity index (χ1) is 13.1. The van der Waals surface area contributed by atoms with Gasteiger partial charge in [-0.15, -0.1) is 0 Å². The number of hydrogen-bond acceptors (Lipinski definition) is 3. The first-order valence-electron chi connectivity index (χ1n) is 8.77. The van der Waals surface area contributed by atoms with E-state index in [1.807, 2.05) is 24.3 Å². The number of pyridine rings is 1. The number of carbonyl (C=O) groups excluding carboxylic acids is 2. The van der Waals surface area contributed by atoms with Crippen molar-refractivity contribution in [1.29, 1.82) is 0 Å². The van der Waals surface area contributed by atoms with Crippen LogP contribution in [0.4, 0.5) is 0 Å². The van der Waals surface area contributed by atoms with Gasteiger partial charge in [-0.3, -0.25) is 9.59 Å².